The second kappa shape index (κ2) is 8.15. The van der Waals surface area contributed by atoms with Gasteiger partial charge in [-0.05, 0) is 25.6 Å². The zero-order valence-electron chi connectivity index (χ0n) is 11.6. The fraction of sp³-hybridized carbons (Fsp3) is 0.600. The van der Waals surface area contributed by atoms with Gasteiger partial charge in [-0.3, -0.25) is 0 Å². The molecule has 1 aromatic rings. The van der Waals surface area contributed by atoms with E-state index < -0.39 is 0 Å². The Morgan fingerprint density at radius 2 is 2.05 bits per heavy atom. The molecule has 0 N–H and O–H groups in total. The van der Waals surface area contributed by atoms with Gasteiger partial charge in [0.05, 0.1) is 25.9 Å². The van der Waals surface area contributed by atoms with Gasteiger partial charge in [0, 0.05) is 13.1 Å². The van der Waals surface area contributed by atoms with Crippen LogP contribution in [-0.4, -0.2) is 57.6 Å². The number of benzene rings is 1. The number of hydrogen-bond donors (Lipinski definition) is 0. The molecule has 0 amide bonds. The average Bonchev–Trinajstić information content (AvgIpc) is 2.47. The van der Waals surface area contributed by atoms with Gasteiger partial charge in [0.15, 0.2) is 0 Å². The van der Waals surface area contributed by atoms with Gasteiger partial charge in [0.1, 0.15) is 12.4 Å². The summed E-state index contributed by atoms with van der Waals surface area (Å²) in [6.45, 7) is 4.83. The maximum atomic E-state index is 5.67. The third-order valence-corrected chi connectivity index (χ3v) is 3.20. The monoisotopic (exact) mass is 265 g/mol. The summed E-state index contributed by atoms with van der Waals surface area (Å²) in [6.07, 6.45) is 1.27. The summed E-state index contributed by atoms with van der Waals surface area (Å²) < 4.78 is 16.7. The molecular formula is C15H23NO3. The quantitative estimate of drug-likeness (QED) is 0.752. The Labute approximate surface area is 115 Å². The summed E-state index contributed by atoms with van der Waals surface area (Å²) in [5.74, 6) is 0.930. The van der Waals surface area contributed by atoms with E-state index >= 15 is 0 Å². The standard InChI is InChI=1S/C15H23NO3/c1-16(8-7-15-13-17-11-12-19-15)9-10-18-14-5-3-2-4-6-14/h2-6,15H,7-13H2,1H3. The van der Waals surface area contributed by atoms with Crippen LogP contribution in [0.3, 0.4) is 0 Å². The van der Waals surface area contributed by atoms with Gasteiger partial charge in [-0.1, -0.05) is 18.2 Å². The van der Waals surface area contributed by atoms with Crippen molar-refractivity contribution in [2.24, 2.45) is 0 Å². The third-order valence-electron chi connectivity index (χ3n) is 3.20. The van der Waals surface area contributed by atoms with Gasteiger partial charge in [0.25, 0.3) is 0 Å². The van der Waals surface area contributed by atoms with Crippen molar-refractivity contribution in [3.05, 3.63) is 30.3 Å². The van der Waals surface area contributed by atoms with E-state index in [9.17, 15) is 0 Å². The lowest BCUT2D eigenvalue weighted by atomic mass is 10.2. The van der Waals surface area contributed by atoms with Gasteiger partial charge < -0.3 is 19.1 Å². The summed E-state index contributed by atoms with van der Waals surface area (Å²) in [6, 6.07) is 9.92. The van der Waals surface area contributed by atoms with E-state index in [4.69, 9.17) is 14.2 Å². The summed E-state index contributed by atoms with van der Waals surface area (Å²) >= 11 is 0. The first-order valence-corrected chi connectivity index (χ1v) is 6.90. The molecule has 0 bridgehead atoms. The molecule has 0 spiro atoms. The Morgan fingerprint density at radius 1 is 1.21 bits per heavy atom. The molecule has 0 radical (unpaired) electrons. The van der Waals surface area contributed by atoms with Gasteiger partial charge >= 0.3 is 0 Å². The minimum Gasteiger partial charge on any atom is -0.492 e. The lowest BCUT2D eigenvalue weighted by Gasteiger charge is -2.25. The lowest BCUT2D eigenvalue weighted by molar-refractivity contribution is -0.0923. The van der Waals surface area contributed by atoms with Crippen molar-refractivity contribution in [2.75, 3.05) is 46.6 Å². The summed E-state index contributed by atoms with van der Waals surface area (Å²) in [7, 11) is 2.11. The van der Waals surface area contributed by atoms with Crippen LogP contribution in [0.2, 0.25) is 0 Å². The Kier molecular flexibility index (Phi) is 6.14. The van der Waals surface area contributed by atoms with E-state index in [0.717, 1.165) is 45.1 Å². The zero-order chi connectivity index (χ0) is 13.3. The second-order valence-corrected chi connectivity index (χ2v) is 4.82. The lowest BCUT2D eigenvalue weighted by Crippen LogP contribution is -2.33. The van der Waals surface area contributed by atoms with Crippen molar-refractivity contribution in [1.29, 1.82) is 0 Å². The van der Waals surface area contributed by atoms with E-state index in [1.54, 1.807) is 0 Å². The molecule has 1 aliphatic heterocycles. The molecule has 106 valence electrons. The molecule has 1 saturated heterocycles. The molecule has 0 aliphatic carbocycles. The first-order valence-electron chi connectivity index (χ1n) is 6.90. The highest BCUT2D eigenvalue weighted by molar-refractivity contribution is 5.20. The SMILES string of the molecule is CN(CCOc1ccccc1)CCC1COCCO1. The molecule has 4 heteroatoms. The fourth-order valence-electron chi connectivity index (χ4n) is 2.02. The second-order valence-electron chi connectivity index (χ2n) is 4.82. The van der Waals surface area contributed by atoms with E-state index in [2.05, 4.69) is 11.9 Å². The van der Waals surface area contributed by atoms with E-state index in [1.807, 2.05) is 30.3 Å². The van der Waals surface area contributed by atoms with Crippen molar-refractivity contribution in [1.82, 2.24) is 4.90 Å². The molecule has 1 atom stereocenters. The van der Waals surface area contributed by atoms with E-state index in [0.29, 0.717) is 6.61 Å². The Balaban J connectivity index is 1.55. The predicted octanol–water partition coefficient (Wildman–Crippen LogP) is 1.80. The van der Waals surface area contributed by atoms with Crippen molar-refractivity contribution < 1.29 is 14.2 Å². The average molecular weight is 265 g/mol. The molecule has 1 fully saturated rings. The topological polar surface area (TPSA) is 30.9 Å². The molecule has 0 saturated carbocycles. The third kappa shape index (κ3) is 5.59. The molecule has 1 heterocycles. The first-order chi connectivity index (χ1) is 9.34. The van der Waals surface area contributed by atoms with Gasteiger partial charge in [-0.25, -0.2) is 0 Å². The molecule has 1 aromatic carbocycles. The van der Waals surface area contributed by atoms with Crippen LogP contribution >= 0.6 is 0 Å². The molecule has 0 aromatic heterocycles. The maximum absolute atomic E-state index is 5.67. The Hall–Kier alpha value is -1.10. The number of nitrogens with zero attached hydrogens (tertiary/aromatic N) is 1. The summed E-state index contributed by atoms with van der Waals surface area (Å²) in [5, 5.41) is 0. The van der Waals surface area contributed by atoms with Crippen LogP contribution in [0.4, 0.5) is 0 Å². The molecule has 1 aliphatic rings. The number of ether oxygens (including phenoxy) is 3. The van der Waals surface area contributed by atoms with E-state index in [-0.39, 0.29) is 6.10 Å². The fourth-order valence-corrected chi connectivity index (χ4v) is 2.02. The number of para-hydroxylation sites is 1. The van der Waals surface area contributed by atoms with Gasteiger partial charge in [-0.2, -0.15) is 0 Å². The normalized spacial score (nSPS) is 19.6. The minimum absolute atomic E-state index is 0.256. The predicted molar refractivity (Wildman–Crippen MR) is 74.6 cm³/mol. The molecule has 1 unspecified atom stereocenters. The Morgan fingerprint density at radius 3 is 2.79 bits per heavy atom. The summed E-state index contributed by atoms with van der Waals surface area (Å²) in [5.41, 5.74) is 0. The van der Waals surface area contributed by atoms with Crippen LogP contribution in [0, 0.1) is 0 Å². The van der Waals surface area contributed by atoms with Crippen LogP contribution in [0.5, 0.6) is 5.75 Å². The number of rotatable bonds is 7. The maximum Gasteiger partial charge on any atom is 0.119 e. The van der Waals surface area contributed by atoms with Crippen LogP contribution in [0.15, 0.2) is 30.3 Å². The highest BCUT2D eigenvalue weighted by Crippen LogP contribution is 2.08. The van der Waals surface area contributed by atoms with Crippen molar-refractivity contribution in [3.63, 3.8) is 0 Å². The van der Waals surface area contributed by atoms with Gasteiger partial charge in [0.2, 0.25) is 0 Å². The van der Waals surface area contributed by atoms with Crippen molar-refractivity contribution in [3.8, 4) is 5.75 Å². The summed E-state index contributed by atoms with van der Waals surface area (Å²) in [4.78, 5) is 2.26. The zero-order valence-corrected chi connectivity index (χ0v) is 11.6. The highest BCUT2D eigenvalue weighted by atomic mass is 16.6. The highest BCUT2D eigenvalue weighted by Gasteiger charge is 2.14. The number of likely N-dealkylation sites (N-methyl/N-ethyl adjacent to an activating group) is 1. The van der Waals surface area contributed by atoms with Crippen LogP contribution in [-0.2, 0) is 9.47 Å². The molecule has 2 rings (SSSR count). The van der Waals surface area contributed by atoms with Crippen LogP contribution < -0.4 is 4.74 Å². The molecular weight excluding hydrogens is 242 g/mol. The molecule has 4 nitrogen and oxygen atoms in total. The van der Waals surface area contributed by atoms with Crippen molar-refractivity contribution in [2.45, 2.75) is 12.5 Å². The first kappa shape index (κ1) is 14.3. The Bertz CT molecular complexity index is 339. The van der Waals surface area contributed by atoms with Crippen LogP contribution in [0.25, 0.3) is 0 Å². The number of hydrogen-bond acceptors (Lipinski definition) is 4. The largest absolute Gasteiger partial charge is 0.492 e. The van der Waals surface area contributed by atoms with Crippen LogP contribution in [0.1, 0.15) is 6.42 Å². The van der Waals surface area contributed by atoms with Gasteiger partial charge in [-0.15, -0.1) is 0 Å². The van der Waals surface area contributed by atoms with Crippen molar-refractivity contribution >= 4 is 0 Å². The minimum atomic E-state index is 0.256. The van der Waals surface area contributed by atoms with E-state index in [1.165, 1.54) is 0 Å². The smallest absolute Gasteiger partial charge is 0.119 e. The molecule has 19 heavy (non-hydrogen) atoms.